The van der Waals surface area contributed by atoms with E-state index in [0.717, 1.165) is 12.8 Å². The number of aliphatic hydroxyl groups excluding tert-OH is 1. The number of carbonyl (C=O) groups is 1. The van der Waals surface area contributed by atoms with Crippen molar-refractivity contribution < 1.29 is 9.90 Å². The lowest BCUT2D eigenvalue weighted by Gasteiger charge is -2.20. The van der Waals surface area contributed by atoms with Gasteiger partial charge >= 0.3 is 0 Å². The van der Waals surface area contributed by atoms with Gasteiger partial charge in [-0.05, 0) is 12.8 Å². The molecule has 0 amide bonds. The molecule has 3 heteroatoms. The molecule has 0 radical (unpaired) electrons. The summed E-state index contributed by atoms with van der Waals surface area (Å²) < 4.78 is 0. The maximum Gasteiger partial charge on any atom is 0.162 e. The van der Waals surface area contributed by atoms with E-state index in [1.807, 2.05) is 0 Å². The van der Waals surface area contributed by atoms with Crippen LogP contribution in [-0.2, 0) is 4.79 Å². The Morgan fingerprint density at radius 1 is 1.67 bits per heavy atom. The highest BCUT2D eigenvalue weighted by Gasteiger charge is 2.27. The first kappa shape index (κ1) is 7.22. The van der Waals surface area contributed by atoms with Crippen LogP contribution in [0, 0.1) is 0 Å². The third-order valence-electron chi connectivity index (χ3n) is 1.58. The van der Waals surface area contributed by atoms with Gasteiger partial charge in [-0.25, -0.2) is 0 Å². The molecular weight excluding hydrogens is 184 g/mol. The van der Waals surface area contributed by atoms with Crippen molar-refractivity contribution in [3.05, 3.63) is 0 Å². The highest BCUT2D eigenvalue weighted by molar-refractivity contribution is 9.09. The Morgan fingerprint density at radius 2 is 2.33 bits per heavy atom. The van der Waals surface area contributed by atoms with Crippen LogP contribution in [0.3, 0.4) is 0 Å². The highest BCUT2D eigenvalue weighted by Crippen LogP contribution is 2.21. The topological polar surface area (TPSA) is 37.3 Å². The molecule has 9 heavy (non-hydrogen) atoms. The van der Waals surface area contributed by atoms with Crippen molar-refractivity contribution in [3.63, 3.8) is 0 Å². The molecule has 1 aliphatic rings. The lowest BCUT2D eigenvalue weighted by molar-refractivity contribution is -0.128. The van der Waals surface area contributed by atoms with E-state index < -0.39 is 6.10 Å². The van der Waals surface area contributed by atoms with E-state index in [0.29, 0.717) is 6.42 Å². The van der Waals surface area contributed by atoms with Gasteiger partial charge in [0, 0.05) is 11.2 Å². The smallest absolute Gasteiger partial charge is 0.162 e. The van der Waals surface area contributed by atoms with Gasteiger partial charge in [0.15, 0.2) is 5.78 Å². The first-order valence-corrected chi connectivity index (χ1v) is 3.98. The molecule has 1 N–H and O–H groups in total. The molecule has 2 unspecified atom stereocenters. The van der Waals surface area contributed by atoms with Gasteiger partial charge in [0.25, 0.3) is 0 Å². The summed E-state index contributed by atoms with van der Waals surface area (Å²) in [5.74, 6) is -0.0249. The first-order chi connectivity index (χ1) is 4.22. The summed E-state index contributed by atoms with van der Waals surface area (Å²) in [6, 6.07) is 0. The zero-order chi connectivity index (χ0) is 6.85. The number of halogens is 1. The summed E-state index contributed by atoms with van der Waals surface area (Å²) in [4.78, 5) is 10.7. The molecule has 0 aromatic heterocycles. The molecule has 0 aromatic rings. The molecule has 0 aliphatic heterocycles. The molecule has 1 saturated carbocycles. The number of ketones is 1. The summed E-state index contributed by atoms with van der Waals surface area (Å²) in [5.41, 5.74) is 0. The fourth-order valence-corrected chi connectivity index (χ4v) is 1.60. The van der Waals surface area contributed by atoms with Gasteiger partial charge in [0.1, 0.15) is 6.10 Å². The summed E-state index contributed by atoms with van der Waals surface area (Å²) in [5, 5.41) is 9.05. The number of hydrogen-bond acceptors (Lipinski definition) is 2. The van der Waals surface area contributed by atoms with Crippen molar-refractivity contribution >= 4 is 21.7 Å². The molecule has 0 saturated heterocycles. The molecule has 2 atom stereocenters. The first-order valence-electron chi connectivity index (χ1n) is 3.06. The summed E-state index contributed by atoms with van der Waals surface area (Å²) >= 11 is 3.22. The average Bonchev–Trinajstić information content (AvgIpc) is 1.83. The minimum Gasteiger partial charge on any atom is -0.384 e. The molecule has 1 aliphatic carbocycles. The lowest BCUT2D eigenvalue weighted by Crippen LogP contribution is -2.33. The Bertz CT molecular complexity index is 124. The van der Waals surface area contributed by atoms with Crippen LogP contribution >= 0.6 is 15.9 Å². The van der Waals surface area contributed by atoms with Crippen LogP contribution in [0.1, 0.15) is 19.3 Å². The fourth-order valence-electron chi connectivity index (χ4n) is 0.979. The molecule has 0 heterocycles. The van der Waals surface area contributed by atoms with Gasteiger partial charge in [-0.3, -0.25) is 4.79 Å². The van der Waals surface area contributed by atoms with Crippen molar-refractivity contribution in [2.45, 2.75) is 30.2 Å². The van der Waals surface area contributed by atoms with Gasteiger partial charge in [-0.1, -0.05) is 15.9 Å². The molecule has 0 bridgehead atoms. The van der Waals surface area contributed by atoms with Crippen molar-refractivity contribution in [1.29, 1.82) is 0 Å². The number of alkyl halides is 1. The van der Waals surface area contributed by atoms with Crippen LogP contribution in [0.15, 0.2) is 0 Å². The monoisotopic (exact) mass is 192 g/mol. The van der Waals surface area contributed by atoms with Crippen molar-refractivity contribution in [1.82, 2.24) is 0 Å². The van der Waals surface area contributed by atoms with Gasteiger partial charge in [0.05, 0.1) is 0 Å². The Kier molecular flexibility index (Phi) is 2.24. The van der Waals surface area contributed by atoms with Gasteiger partial charge in [0.2, 0.25) is 0 Å². The number of carbonyl (C=O) groups excluding carboxylic acids is 1. The molecule has 1 rings (SSSR count). The van der Waals surface area contributed by atoms with Gasteiger partial charge in [-0.2, -0.15) is 0 Å². The second-order valence-electron chi connectivity index (χ2n) is 2.32. The zero-order valence-corrected chi connectivity index (χ0v) is 6.60. The van der Waals surface area contributed by atoms with Gasteiger partial charge in [-0.15, -0.1) is 0 Å². The maximum atomic E-state index is 10.7. The third kappa shape index (κ3) is 1.52. The van der Waals surface area contributed by atoms with E-state index in [2.05, 4.69) is 15.9 Å². The number of aliphatic hydroxyl groups is 1. The Balaban J connectivity index is 2.51. The largest absolute Gasteiger partial charge is 0.384 e. The molecule has 2 nitrogen and oxygen atoms in total. The van der Waals surface area contributed by atoms with Gasteiger partial charge < -0.3 is 5.11 Å². The van der Waals surface area contributed by atoms with Crippen LogP contribution in [-0.4, -0.2) is 21.8 Å². The van der Waals surface area contributed by atoms with E-state index in [-0.39, 0.29) is 10.6 Å². The van der Waals surface area contributed by atoms with Crippen LogP contribution in [0.5, 0.6) is 0 Å². The normalized spacial score (nSPS) is 36.9. The van der Waals surface area contributed by atoms with E-state index >= 15 is 0 Å². The quantitative estimate of drug-likeness (QED) is 0.579. The van der Waals surface area contributed by atoms with E-state index in [9.17, 15) is 4.79 Å². The molecule has 0 spiro atoms. The van der Waals surface area contributed by atoms with Crippen molar-refractivity contribution in [2.75, 3.05) is 0 Å². The molecular formula is C6H9BrO2. The Hall–Kier alpha value is 0.110. The Morgan fingerprint density at radius 3 is 2.78 bits per heavy atom. The van der Waals surface area contributed by atoms with E-state index in [1.165, 1.54) is 0 Å². The average molecular weight is 193 g/mol. The minimum absolute atomic E-state index is 0.00116. The van der Waals surface area contributed by atoms with Crippen molar-refractivity contribution in [2.24, 2.45) is 0 Å². The number of hydrogen-bond donors (Lipinski definition) is 1. The second kappa shape index (κ2) is 2.80. The maximum absolute atomic E-state index is 10.7. The summed E-state index contributed by atoms with van der Waals surface area (Å²) in [7, 11) is 0. The lowest BCUT2D eigenvalue weighted by atomic mass is 9.97. The standard InChI is InChI=1S/C6H9BrO2/c7-4-2-1-3-5(8)6(4)9/h4,6,9H,1-3H2. The van der Waals surface area contributed by atoms with Crippen LogP contribution < -0.4 is 0 Å². The van der Waals surface area contributed by atoms with E-state index in [4.69, 9.17) is 5.11 Å². The van der Waals surface area contributed by atoms with E-state index in [1.54, 1.807) is 0 Å². The predicted octanol–water partition coefficient (Wildman–Crippen LogP) is 0.864. The van der Waals surface area contributed by atoms with Crippen LogP contribution in [0.2, 0.25) is 0 Å². The fraction of sp³-hybridized carbons (Fsp3) is 0.833. The second-order valence-corrected chi connectivity index (χ2v) is 3.50. The van der Waals surface area contributed by atoms with Crippen LogP contribution in [0.4, 0.5) is 0 Å². The SMILES string of the molecule is O=C1CCCC(Br)C1O. The molecule has 0 aromatic carbocycles. The zero-order valence-electron chi connectivity index (χ0n) is 5.01. The van der Waals surface area contributed by atoms with Crippen molar-refractivity contribution in [3.8, 4) is 0 Å². The predicted molar refractivity (Wildman–Crippen MR) is 37.6 cm³/mol. The van der Waals surface area contributed by atoms with Crippen LogP contribution in [0.25, 0.3) is 0 Å². The number of rotatable bonds is 0. The summed E-state index contributed by atoms with van der Waals surface area (Å²) in [6.07, 6.45) is 1.61. The molecule has 1 fully saturated rings. The molecule has 52 valence electrons. The Labute approximate surface area is 62.4 Å². The number of Topliss-reactive ketones (excluding diaryl/α,β-unsaturated/α-hetero) is 1. The third-order valence-corrected chi connectivity index (χ3v) is 2.53. The summed E-state index contributed by atoms with van der Waals surface area (Å²) in [6.45, 7) is 0. The highest BCUT2D eigenvalue weighted by atomic mass is 79.9. The minimum atomic E-state index is -0.751.